The highest BCUT2D eigenvalue weighted by atomic mass is 79.9. The van der Waals surface area contributed by atoms with Gasteiger partial charge in [-0.3, -0.25) is 4.79 Å². The Hall–Kier alpha value is -0.390. The average Bonchev–Trinajstić information content (AvgIpc) is 2.78. The molecule has 118 valence electrons. The van der Waals surface area contributed by atoms with Crippen molar-refractivity contribution in [2.45, 2.75) is 57.9 Å². The molecular weight excluding hydrogens is 350 g/mol. The summed E-state index contributed by atoms with van der Waals surface area (Å²) >= 11 is 5.25. The van der Waals surface area contributed by atoms with Crippen LogP contribution in [0.25, 0.3) is 0 Å². The van der Waals surface area contributed by atoms with Crippen LogP contribution in [0.5, 0.6) is 0 Å². The van der Waals surface area contributed by atoms with Gasteiger partial charge in [-0.1, -0.05) is 19.3 Å². The van der Waals surface area contributed by atoms with E-state index in [1.165, 1.54) is 36.8 Å². The SMILES string of the molecule is COC(=O)CC1(CC(N)c2cc(Br)sc2C)CCCCC1. The van der Waals surface area contributed by atoms with Crippen LogP contribution in [0.2, 0.25) is 0 Å². The molecule has 1 aliphatic carbocycles. The Kier molecular flexibility index (Phi) is 5.86. The highest BCUT2D eigenvalue weighted by molar-refractivity contribution is 9.11. The highest BCUT2D eigenvalue weighted by Crippen LogP contribution is 2.46. The minimum atomic E-state index is -0.104. The summed E-state index contributed by atoms with van der Waals surface area (Å²) in [5.41, 5.74) is 7.71. The molecule has 0 aliphatic heterocycles. The number of hydrogen-bond acceptors (Lipinski definition) is 4. The van der Waals surface area contributed by atoms with Crippen molar-refractivity contribution in [3.63, 3.8) is 0 Å². The lowest BCUT2D eigenvalue weighted by Crippen LogP contribution is -2.32. The van der Waals surface area contributed by atoms with Crippen molar-refractivity contribution in [1.29, 1.82) is 0 Å². The van der Waals surface area contributed by atoms with Gasteiger partial charge >= 0.3 is 5.97 Å². The van der Waals surface area contributed by atoms with Gasteiger partial charge < -0.3 is 10.5 Å². The molecule has 2 N–H and O–H groups in total. The molecule has 0 radical (unpaired) electrons. The Balaban J connectivity index is 2.14. The summed E-state index contributed by atoms with van der Waals surface area (Å²) in [6, 6.07) is 2.12. The summed E-state index contributed by atoms with van der Waals surface area (Å²) in [5.74, 6) is -0.104. The molecule has 5 heteroatoms. The van der Waals surface area contributed by atoms with Crippen molar-refractivity contribution in [1.82, 2.24) is 0 Å². The van der Waals surface area contributed by atoms with Crippen molar-refractivity contribution < 1.29 is 9.53 Å². The number of carbonyl (C=O) groups is 1. The van der Waals surface area contributed by atoms with Gasteiger partial charge in [0.05, 0.1) is 17.3 Å². The molecule has 0 bridgehead atoms. The molecule has 1 aromatic heterocycles. The molecule has 0 saturated heterocycles. The van der Waals surface area contributed by atoms with Crippen LogP contribution in [0.3, 0.4) is 0 Å². The van der Waals surface area contributed by atoms with E-state index in [-0.39, 0.29) is 17.4 Å². The lowest BCUT2D eigenvalue weighted by Gasteiger charge is -2.38. The van der Waals surface area contributed by atoms with Crippen LogP contribution in [0, 0.1) is 12.3 Å². The molecule has 2 rings (SSSR count). The standard InChI is InChI=1S/C16H24BrNO2S/c1-11-12(8-14(17)21-11)13(18)9-16(10-15(19)20-2)6-4-3-5-7-16/h8,13H,3-7,9-10,18H2,1-2H3. The number of hydrogen-bond donors (Lipinski definition) is 1. The lowest BCUT2D eigenvalue weighted by atomic mass is 9.67. The number of rotatable bonds is 5. The van der Waals surface area contributed by atoms with Crippen LogP contribution >= 0.6 is 27.3 Å². The van der Waals surface area contributed by atoms with E-state index in [0.717, 1.165) is 23.0 Å². The maximum atomic E-state index is 11.8. The van der Waals surface area contributed by atoms with Crippen molar-refractivity contribution in [3.05, 3.63) is 20.3 Å². The molecule has 1 heterocycles. The first-order chi connectivity index (χ1) is 9.96. The molecule has 1 atom stereocenters. The van der Waals surface area contributed by atoms with Crippen LogP contribution in [-0.4, -0.2) is 13.1 Å². The Bertz CT molecular complexity index is 494. The Morgan fingerprint density at radius 1 is 1.48 bits per heavy atom. The van der Waals surface area contributed by atoms with Crippen LogP contribution in [0.15, 0.2) is 9.85 Å². The van der Waals surface area contributed by atoms with Gasteiger partial charge in [0.1, 0.15) is 0 Å². The van der Waals surface area contributed by atoms with Gasteiger partial charge in [-0.15, -0.1) is 11.3 Å². The zero-order valence-electron chi connectivity index (χ0n) is 12.8. The summed E-state index contributed by atoms with van der Waals surface area (Å²) in [5, 5.41) is 0. The van der Waals surface area contributed by atoms with E-state index in [1.807, 2.05) is 0 Å². The van der Waals surface area contributed by atoms with E-state index in [9.17, 15) is 4.79 Å². The van der Waals surface area contributed by atoms with E-state index in [0.29, 0.717) is 6.42 Å². The first kappa shape index (κ1) is 17.0. The van der Waals surface area contributed by atoms with Crippen molar-refractivity contribution in [2.75, 3.05) is 7.11 Å². The third-order valence-electron chi connectivity index (χ3n) is 4.64. The van der Waals surface area contributed by atoms with Crippen molar-refractivity contribution >= 4 is 33.2 Å². The maximum absolute atomic E-state index is 11.8. The summed E-state index contributed by atoms with van der Waals surface area (Å²) in [7, 11) is 1.47. The van der Waals surface area contributed by atoms with Gasteiger partial charge in [-0.2, -0.15) is 0 Å². The molecule has 3 nitrogen and oxygen atoms in total. The number of esters is 1. The number of nitrogens with two attached hydrogens (primary N) is 1. The van der Waals surface area contributed by atoms with Gasteiger partial charge in [0.25, 0.3) is 0 Å². The number of thiophene rings is 1. The smallest absolute Gasteiger partial charge is 0.306 e. The highest BCUT2D eigenvalue weighted by Gasteiger charge is 2.36. The quantitative estimate of drug-likeness (QED) is 0.759. The minimum Gasteiger partial charge on any atom is -0.469 e. The Morgan fingerprint density at radius 3 is 2.67 bits per heavy atom. The fourth-order valence-corrected chi connectivity index (χ4v) is 5.32. The lowest BCUT2D eigenvalue weighted by molar-refractivity contribution is -0.144. The molecule has 0 spiro atoms. The molecule has 21 heavy (non-hydrogen) atoms. The fourth-order valence-electron chi connectivity index (χ4n) is 3.54. The largest absolute Gasteiger partial charge is 0.469 e. The van der Waals surface area contributed by atoms with Crippen molar-refractivity contribution in [2.24, 2.45) is 11.1 Å². The predicted octanol–water partition coefficient (Wildman–Crippen LogP) is 4.72. The summed E-state index contributed by atoms with van der Waals surface area (Å²) in [4.78, 5) is 13.1. The maximum Gasteiger partial charge on any atom is 0.306 e. The first-order valence-electron chi connectivity index (χ1n) is 7.54. The monoisotopic (exact) mass is 373 g/mol. The van der Waals surface area contributed by atoms with Crippen LogP contribution in [-0.2, 0) is 9.53 Å². The Morgan fingerprint density at radius 2 is 2.14 bits per heavy atom. The fraction of sp³-hybridized carbons (Fsp3) is 0.688. The molecule has 1 fully saturated rings. The second-order valence-corrected chi connectivity index (χ2v) is 8.82. The molecule has 0 amide bonds. The average molecular weight is 374 g/mol. The molecule has 1 aliphatic rings. The van der Waals surface area contributed by atoms with Gasteiger partial charge in [0.2, 0.25) is 0 Å². The van der Waals surface area contributed by atoms with Crippen LogP contribution < -0.4 is 5.73 Å². The van der Waals surface area contributed by atoms with Gasteiger partial charge in [0.15, 0.2) is 0 Å². The van der Waals surface area contributed by atoms with E-state index in [4.69, 9.17) is 10.5 Å². The third-order valence-corrected chi connectivity index (χ3v) is 6.21. The molecule has 1 unspecified atom stereocenters. The molecule has 1 saturated carbocycles. The van der Waals surface area contributed by atoms with Gasteiger partial charge in [0, 0.05) is 10.9 Å². The van der Waals surface area contributed by atoms with Crippen molar-refractivity contribution in [3.8, 4) is 0 Å². The van der Waals surface area contributed by atoms with Gasteiger partial charge in [-0.25, -0.2) is 0 Å². The first-order valence-corrected chi connectivity index (χ1v) is 9.15. The van der Waals surface area contributed by atoms with Gasteiger partial charge in [-0.05, 0) is 59.2 Å². The normalized spacial score (nSPS) is 19.2. The second kappa shape index (κ2) is 7.25. The number of aryl methyl sites for hydroxylation is 1. The van der Waals surface area contributed by atoms with E-state index in [2.05, 4.69) is 28.9 Å². The predicted molar refractivity (Wildman–Crippen MR) is 90.5 cm³/mol. The summed E-state index contributed by atoms with van der Waals surface area (Å²) < 4.78 is 6.03. The molecule has 1 aromatic rings. The van der Waals surface area contributed by atoms with Crippen LogP contribution in [0.1, 0.15) is 61.4 Å². The van der Waals surface area contributed by atoms with E-state index >= 15 is 0 Å². The molecular formula is C16H24BrNO2S. The van der Waals surface area contributed by atoms with E-state index in [1.54, 1.807) is 11.3 Å². The second-order valence-electron chi connectivity index (χ2n) is 6.19. The zero-order chi connectivity index (χ0) is 15.5. The Labute approximate surface area is 139 Å². The number of carbonyl (C=O) groups excluding carboxylic acids is 1. The summed E-state index contributed by atoms with van der Waals surface area (Å²) in [6.45, 7) is 2.11. The number of ether oxygens (including phenoxy) is 1. The third kappa shape index (κ3) is 4.30. The topological polar surface area (TPSA) is 52.3 Å². The molecule has 0 aromatic carbocycles. The number of methoxy groups -OCH3 is 1. The number of halogens is 1. The summed E-state index contributed by atoms with van der Waals surface area (Å²) in [6.07, 6.45) is 7.18. The van der Waals surface area contributed by atoms with E-state index < -0.39 is 0 Å². The van der Waals surface area contributed by atoms with Crippen LogP contribution in [0.4, 0.5) is 0 Å². The minimum absolute atomic E-state index is 0.00435. The zero-order valence-corrected chi connectivity index (χ0v) is 15.2.